The molecular weight excluding hydrogens is 368 g/mol. The Morgan fingerprint density at radius 2 is 2.00 bits per heavy atom. The molecule has 0 amide bonds. The predicted molar refractivity (Wildman–Crippen MR) is 110 cm³/mol. The van der Waals surface area contributed by atoms with Crippen molar-refractivity contribution >= 4 is 16.7 Å². The number of aryl methyl sites for hydroxylation is 1. The minimum Gasteiger partial charge on any atom is -0.399 e. The van der Waals surface area contributed by atoms with Gasteiger partial charge in [0, 0.05) is 18.3 Å². The summed E-state index contributed by atoms with van der Waals surface area (Å²) in [5, 5.41) is 8.04. The van der Waals surface area contributed by atoms with E-state index in [0.29, 0.717) is 13.2 Å². The van der Waals surface area contributed by atoms with Crippen LogP contribution in [0.3, 0.4) is 0 Å². The van der Waals surface area contributed by atoms with Gasteiger partial charge in [-0.2, -0.15) is 5.10 Å². The Hall–Kier alpha value is -3.52. The highest BCUT2D eigenvalue weighted by atomic mass is 16.6. The fraction of sp³-hybridized carbons (Fsp3) is 0.238. The van der Waals surface area contributed by atoms with E-state index < -0.39 is 0 Å². The maximum Gasteiger partial charge on any atom is 0.152 e. The van der Waals surface area contributed by atoms with Gasteiger partial charge in [-0.3, -0.25) is 9.25 Å². The molecule has 0 spiro atoms. The lowest BCUT2D eigenvalue weighted by Gasteiger charge is -2.08. The first kappa shape index (κ1) is 18.8. The smallest absolute Gasteiger partial charge is 0.152 e. The number of ether oxygens (including phenoxy) is 1. The fourth-order valence-corrected chi connectivity index (χ4v) is 3.14. The Labute approximate surface area is 168 Å². The number of benzene rings is 2. The van der Waals surface area contributed by atoms with Crippen molar-refractivity contribution in [3.8, 4) is 5.69 Å². The lowest BCUT2D eigenvalue weighted by atomic mass is 10.1. The van der Waals surface area contributed by atoms with Crippen LogP contribution in [0.15, 0.2) is 60.3 Å². The van der Waals surface area contributed by atoms with Gasteiger partial charge in [0.1, 0.15) is 26.4 Å². The van der Waals surface area contributed by atoms with Crippen LogP contribution in [0.25, 0.3) is 16.7 Å². The van der Waals surface area contributed by atoms with Crippen molar-refractivity contribution in [1.29, 1.82) is 0 Å². The third-order valence-corrected chi connectivity index (χ3v) is 4.69. The van der Waals surface area contributed by atoms with Crippen LogP contribution in [0.5, 0.6) is 0 Å². The summed E-state index contributed by atoms with van der Waals surface area (Å²) in [5.41, 5.74) is 5.82. The maximum atomic E-state index is 5.80. The molecule has 2 heterocycles. The molecule has 148 valence electrons. The van der Waals surface area contributed by atoms with Crippen molar-refractivity contribution in [1.82, 2.24) is 24.3 Å². The summed E-state index contributed by atoms with van der Waals surface area (Å²) in [6.45, 7) is 2.82. The number of oxime groups is 1. The summed E-state index contributed by atoms with van der Waals surface area (Å²) >= 11 is 0. The van der Waals surface area contributed by atoms with Crippen molar-refractivity contribution < 1.29 is 9.57 Å². The molecule has 0 bridgehead atoms. The van der Waals surface area contributed by atoms with E-state index in [-0.39, 0.29) is 0 Å². The molecule has 0 aliphatic heterocycles. The van der Waals surface area contributed by atoms with Gasteiger partial charge in [0.05, 0.1) is 23.4 Å². The standard InChI is InChI=1S/C21H22N6O2/c1-15(25-28-3)17-7-8-20-19(10-17)23-14-27(20)18-6-4-5-16(9-18)11-29-12-21-22-13-24-26(21)2/h4-10,13-14H,11-12H2,1-3H3/b25-15+. The van der Waals surface area contributed by atoms with E-state index in [2.05, 4.69) is 36.9 Å². The van der Waals surface area contributed by atoms with Gasteiger partial charge in [-0.15, -0.1) is 0 Å². The topological polar surface area (TPSA) is 79.3 Å². The second-order valence-electron chi connectivity index (χ2n) is 6.64. The second kappa shape index (κ2) is 8.24. The Balaban J connectivity index is 1.54. The van der Waals surface area contributed by atoms with E-state index in [1.807, 2.05) is 50.6 Å². The quantitative estimate of drug-likeness (QED) is 0.358. The molecule has 0 fully saturated rings. The van der Waals surface area contributed by atoms with E-state index in [9.17, 15) is 0 Å². The lowest BCUT2D eigenvalue weighted by molar-refractivity contribution is 0.0993. The molecule has 0 saturated heterocycles. The Morgan fingerprint density at radius 3 is 2.79 bits per heavy atom. The number of hydrogen-bond donors (Lipinski definition) is 0. The zero-order valence-corrected chi connectivity index (χ0v) is 16.6. The molecule has 0 aliphatic carbocycles. The molecule has 0 unspecified atom stereocenters. The molecule has 0 radical (unpaired) electrons. The van der Waals surface area contributed by atoms with Crippen LogP contribution in [0, 0.1) is 0 Å². The minimum absolute atomic E-state index is 0.417. The third-order valence-electron chi connectivity index (χ3n) is 4.69. The number of hydrogen-bond acceptors (Lipinski definition) is 6. The molecule has 4 rings (SSSR count). The van der Waals surface area contributed by atoms with Gasteiger partial charge < -0.3 is 9.57 Å². The minimum atomic E-state index is 0.417. The van der Waals surface area contributed by atoms with E-state index in [4.69, 9.17) is 9.57 Å². The Kier molecular flexibility index (Phi) is 5.35. The molecular formula is C21H22N6O2. The zero-order chi connectivity index (χ0) is 20.2. The number of aromatic nitrogens is 5. The zero-order valence-electron chi connectivity index (χ0n) is 16.6. The summed E-state index contributed by atoms with van der Waals surface area (Å²) in [6.07, 6.45) is 3.36. The van der Waals surface area contributed by atoms with Gasteiger partial charge in [0.2, 0.25) is 0 Å². The second-order valence-corrected chi connectivity index (χ2v) is 6.64. The first-order valence-corrected chi connectivity index (χ1v) is 9.21. The molecule has 4 aromatic rings. The summed E-state index contributed by atoms with van der Waals surface area (Å²) in [4.78, 5) is 13.6. The molecule has 2 aromatic carbocycles. The molecule has 0 N–H and O–H groups in total. The number of rotatable bonds is 7. The van der Waals surface area contributed by atoms with E-state index in [0.717, 1.165) is 39.4 Å². The van der Waals surface area contributed by atoms with Crippen molar-refractivity contribution in [3.05, 3.63) is 72.1 Å². The molecule has 29 heavy (non-hydrogen) atoms. The monoisotopic (exact) mass is 390 g/mol. The predicted octanol–water partition coefficient (Wildman–Crippen LogP) is 3.24. The SMILES string of the molecule is CO/N=C(\C)c1ccc2c(c1)ncn2-c1cccc(COCc2ncnn2C)c1. The molecule has 0 saturated carbocycles. The maximum absolute atomic E-state index is 5.80. The number of nitrogens with zero attached hydrogens (tertiary/aromatic N) is 6. The van der Waals surface area contributed by atoms with Crippen LogP contribution < -0.4 is 0 Å². The highest BCUT2D eigenvalue weighted by molar-refractivity contribution is 6.00. The number of fused-ring (bicyclic) bond motifs is 1. The average molecular weight is 390 g/mol. The summed E-state index contributed by atoms with van der Waals surface area (Å²) in [5.74, 6) is 0.796. The molecule has 0 aliphatic rings. The summed E-state index contributed by atoms with van der Waals surface area (Å²) in [7, 11) is 3.39. The highest BCUT2D eigenvalue weighted by Crippen LogP contribution is 2.21. The van der Waals surface area contributed by atoms with Crippen LogP contribution in [0.2, 0.25) is 0 Å². The Morgan fingerprint density at radius 1 is 1.10 bits per heavy atom. The van der Waals surface area contributed by atoms with Gasteiger partial charge in [-0.05, 0) is 36.8 Å². The lowest BCUT2D eigenvalue weighted by Crippen LogP contribution is -2.03. The molecule has 8 heteroatoms. The van der Waals surface area contributed by atoms with Crippen molar-refractivity contribution in [3.63, 3.8) is 0 Å². The molecule has 0 atom stereocenters. The normalized spacial score (nSPS) is 11.9. The van der Waals surface area contributed by atoms with Crippen LogP contribution >= 0.6 is 0 Å². The van der Waals surface area contributed by atoms with Crippen LogP contribution in [0.4, 0.5) is 0 Å². The van der Waals surface area contributed by atoms with Crippen molar-refractivity contribution in [2.75, 3.05) is 7.11 Å². The van der Waals surface area contributed by atoms with Crippen molar-refractivity contribution in [2.45, 2.75) is 20.1 Å². The largest absolute Gasteiger partial charge is 0.399 e. The van der Waals surface area contributed by atoms with Crippen LogP contribution in [0.1, 0.15) is 23.9 Å². The average Bonchev–Trinajstić information content (AvgIpc) is 3.34. The summed E-state index contributed by atoms with van der Waals surface area (Å²) < 4.78 is 9.57. The van der Waals surface area contributed by atoms with E-state index >= 15 is 0 Å². The molecule has 8 nitrogen and oxygen atoms in total. The highest BCUT2D eigenvalue weighted by Gasteiger charge is 2.08. The van der Waals surface area contributed by atoms with E-state index in [1.165, 1.54) is 6.33 Å². The van der Waals surface area contributed by atoms with Gasteiger partial charge >= 0.3 is 0 Å². The van der Waals surface area contributed by atoms with E-state index in [1.54, 1.807) is 11.8 Å². The van der Waals surface area contributed by atoms with Crippen molar-refractivity contribution in [2.24, 2.45) is 12.2 Å². The van der Waals surface area contributed by atoms with Gasteiger partial charge in [0.15, 0.2) is 5.82 Å². The van der Waals surface area contributed by atoms with Crippen LogP contribution in [-0.2, 0) is 29.8 Å². The summed E-state index contributed by atoms with van der Waals surface area (Å²) in [6, 6.07) is 14.3. The third kappa shape index (κ3) is 4.02. The first-order valence-electron chi connectivity index (χ1n) is 9.21. The van der Waals surface area contributed by atoms with Gasteiger partial charge in [0.25, 0.3) is 0 Å². The van der Waals surface area contributed by atoms with Gasteiger partial charge in [-0.1, -0.05) is 23.4 Å². The molecule has 2 aromatic heterocycles. The van der Waals surface area contributed by atoms with Crippen LogP contribution in [-0.4, -0.2) is 37.1 Å². The first-order chi connectivity index (χ1) is 14.2. The van der Waals surface area contributed by atoms with Gasteiger partial charge in [-0.25, -0.2) is 9.97 Å². The fourth-order valence-electron chi connectivity index (χ4n) is 3.14. The Bertz CT molecular complexity index is 1160. The number of imidazole rings is 1.